The molecule has 0 bridgehead atoms. The van der Waals surface area contributed by atoms with E-state index >= 15 is 0 Å². The standard InChI is InChI=1S/C21H33F3O.C2H6/c1-20-10-8-17-16-6-3-15(21(22,23)24)12-13(16)2-5-18(17)19(20)7-4-14(20)9-11-25;1-2/h13-19,25H,2-12H2,1H3;1-2H3/t13-,14?,15?,16+,17?,18-,19?,20-;/m1./s1. The molecule has 0 aromatic rings. The minimum absolute atomic E-state index is 0.296. The van der Waals surface area contributed by atoms with E-state index in [1.54, 1.807) is 0 Å². The summed E-state index contributed by atoms with van der Waals surface area (Å²) in [5.74, 6) is 2.66. The highest BCUT2D eigenvalue weighted by molar-refractivity contribution is 5.06. The van der Waals surface area contributed by atoms with Crippen LogP contribution in [0.1, 0.15) is 85.0 Å². The molecule has 0 aromatic carbocycles. The summed E-state index contributed by atoms with van der Waals surface area (Å²) in [6.07, 6.45) is 5.67. The molecule has 4 unspecified atom stereocenters. The molecular formula is C23H39F3O. The lowest BCUT2D eigenvalue weighted by atomic mass is 9.49. The Kier molecular flexibility index (Phi) is 6.55. The summed E-state index contributed by atoms with van der Waals surface area (Å²) < 4.78 is 39.5. The van der Waals surface area contributed by atoms with Gasteiger partial charge in [0.25, 0.3) is 0 Å². The van der Waals surface area contributed by atoms with Crippen molar-refractivity contribution >= 4 is 0 Å². The van der Waals surface area contributed by atoms with Gasteiger partial charge in [0.15, 0.2) is 0 Å². The number of hydrogen-bond acceptors (Lipinski definition) is 1. The Labute approximate surface area is 163 Å². The number of hydrogen-bond donors (Lipinski definition) is 1. The summed E-state index contributed by atoms with van der Waals surface area (Å²) in [6, 6.07) is 0. The van der Waals surface area contributed by atoms with Crippen LogP contribution in [0.15, 0.2) is 0 Å². The molecule has 158 valence electrons. The van der Waals surface area contributed by atoms with E-state index in [1.807, 2.05) is 13.8 Å². The quantitative estimate of drug-likeness (QED) is 0.549. The fraction of sp³-hybridized carbons (Fsp3) is 1.00. The van der Waals surface area contributed by atoms with Crippen LogP contribution in [-0.2, 0) is 0 Å². The molecule has 8 atom stereocenters. The summed E-state index contributed by atoms with van der Waals surface area (Å²) in [4.78, 5) is 0. The van der Waals surface area contributed by atoms with E-state index in [2.05, 4.69) is 6.92 Å². The van der Waals surface area contributed by atoms with Gasteiger partial charge in [-0.25, -0.2) is 0 Å². The second-order valence-electron chi connectivity index (χ2n) is 9.82. The van der Waals surface area contributed by atoms with E-state index in [4.69, 9.17) is 0 Å². The predicted molar refractivity (Wildman–Crippen MR) is 103 cm³/mol. The van der Waals surface area contributed by atoms with Gasteiger partial charge in [-0.3, -0.25) is 0 Å². The van der Waals surface area contributed by atoms with E-state index < -0.39 is 12.1 Å². The van der Waals surface area contributed by atoms with Gasteiger partial charge in [0, 0.05) is 6.61 Å². The van der Waals surface area contributed by atoms with Gasteiger partial charge in [-0.15, -0.1) is 0 Å². The molecule has 4 saturated carbocycles. The Morgan fingerprint density at radius 1 is 0.889 bits per heavy atom. The Morgan fingerprint density at radius 3 is 2.26 bits per heavy atom. The molecule has 1 N–H and O–H groups in total. The number of rotatable bonds is 2. The fourth-order valence-corrected chi connectivity index (χ4v) is 7.89. The minimum Gasteiger partial charge on any atom is -0.396 e. The van der Waals surface area contributed by atoms with Crippen molar-refractivity contribution in [2.45, 2.75) is 91.2 Å². The van der Waals surface area contributed by atoms with Crippen LogP contribution in [0.2, 0.25) is 0 Å². The summed E-state index contributed by atoms with van der Waals surface area (Å²) in [5, 5.41) is 9.42. The molecule has 0 spiro atoms. The second kappa shape index (κ2) is 8.24. The smallest absolute Gasteiger partial charge is 0.391 e. The molecule has 1 nitrogen and oxygen atoms in total. The molecule has 4 rings (SSSR count). The van der Waals surface area contributed by atoms with Crippen LogP contribution in [0.5, 0.6) is 0 Å². The molecule has 27 heavy (non-hydrogen) atoms. The van der Waals surface area contributed by atoms with Crippen molar-refractivity contribution in [1.29, 1.82) is 0 Å². The maximum atomic E-state index is 13.2. The maximum absolute atomic E-state index is 13.2. The van der Waals surface area contributed by atoms with Gasteiger partial charge >= 0.3 is 6.18 Å². The maximum Gasteiger partial charge on any atom is 0.391 e. The molecule has 0 aliphatic heterocycles. The molecule has 0 heterocycles. The fourth-order valence-electron chi connectivity index (χ4n) is 7.89. The molecule has 4 heteroatoms. The zero-order valence-corrected chi connectivity index (χ0v) is 17.4. The van der Waals surface area contributed by atoms with E-state index in [-0.39, 0.29) is 0 Å². The van der Waals surface area contributed by atoms with E-state index in [9.17, 15) is 18.3 Å². The Hall–Kier alpha value is -0.250. The van der Waals surface area contributed by atoms with Crippen LogP contribution in [0.25, 0.3) is 0 Å². The van der Waals surface area contributed by atoms with Crippen molar-refractivity contribution in [3.05, 3.63) is 0 Å². The van der Waals surface area contributed by atoms with Gasteiger partial charge in [-0.05, 0) is 105 Å². The lowest BCUT2D eigenvalue weighted by Crippen LogP contribution is -2.49. The first-order valence-corrected chi connectivity index (χ1v) is 11.5. The van der Waals surface area contributed by atoms with Crippen LogP contribution in [0.4, 0.5) is 13.2 Å². The van der Waals surface area contributed by atoms with Crippen LogP contribution in [0.3, 0.4) is 0 Å². The van der Waals surface area contributed by atoms with Gasteiger partial charge in [0.1, 0.15) is 0 Å². The first kappa shape index (κ1) is 21.5. The third kappa shape index (κ3) is 3.81. The zero-order chi connectivity index (χ0) is 19.8. The van der Waals surface area contributed by atoms with Gasteiger partial charge in [0.05, 0.1) is 5.92 Å². The molecule has 0 radical (unpaired) electrons. The molecule has 0 saturated heterocycles. The third-order valence-corrected chi connectivity index (χ3v) is 9.09. The van der Waals surface area contributed by atoms with Crippen molar-refractivity contribution in [2.75, 3.05) is 6.61 Å². The predicted octanol–water partition coefficient (Wildman–Crippen LogP) is 6.84. The lowest BCUT2D eigenvalue weighted by Gasteiger charge is -2.56. The average molecular weight is 389 g/mol. The highest BCUT2D eigenvalue weighted by Gasteiger charge is 2.57. The summed E-state index contributed by atoms with van der Waals surface area (Å²) >= 11 is 0. The molecule has 4 fully saturated rings. The van der Waals surface area contributed by atoms with Crippen LogP contribution in [-0.4, -0.2) is 17.9 Å². The zero-order valence-electron chi connectivity index (χ0n) is 17.4. The van der Waals surface area contributed by atoms with Gasteiger partial charge in [-0.2, -0.15) is 13.2 Å². The first-order valence-electron chi connectivity index (χ1n) is 11.5. The Bertz CT molecular complexity index is 491. The van der Waals surface area contributed by atoms with Crippen molar-refractivity contribution in [3.8, 4) is 0 Å². The van der Waals surface area contributed by atoms with Gasteiger partial charge < -0.3 is 5.11 Å². The molecular weight excluding hydrogens is 349 g/mol. The van der Waals surface area contributed by atoms with Gasteiger partial charge in [-0.1, -0.05) is 20.8 Å². The highest BCUT2D eigenvalue weighted by Crippen LogP contribution is 2.65. The average Bonchev–Trinajstić information content (AvgIpc) is 2.99. The van der Waals surface area contributed by atoms with Crippen LogP contribution >= 0.6 is 0 Å². The summed E-state index contributed by atoms with van der Waals surface area (Å²) in [7, 11) is 0. The topological polar surface area (TPSA) is 20.2 Å². The molecule has 0 aromatic heterocycles. The third-order valence-electron chi connectivity index (χ3n) is 9.09. The Morgan fingerprint density at radius 2 is 1.59 bits per heavy atom. The molecule has 4 aliphatic carbocycles. The van der Waals surface area contributed by atoms with E-state index in [0.29, 0.717) is 48.5 Å². The largest absolute Gasteiger partial charge is 0.396 e. The number of aliphatic hydroxyl groups is 1. The highest BCUT2D eigenvalue weighted by atomic mass is 19.4. The summed E-state index contributed by atoms with van der Waals surface area (Å²) in [6.45, 7) is 6.75. The Balaban J connectivity index is 0.00000102. The SMILES string of the molecule is CC.C[C@]12CCC3[C@@H](CC[C@@H]4CC(C(F)(F)F)CC[C@H]34)C1CCC2CCO. The van der Waals surface area contributed by atoms with Crippen molar-refractivity contribution in [3.63, 3.8) is 0 Å². The van der Waals surface area contributed by atoms with E-state index in [1.165, 1.54) is 25.7 Å². The molecule has 4 aliphatic rings. The van der Waals surface area contributed by atoms with E-state index in [0.717, 1.165) is 37.5 Å². The van der Waals surface area contributed by atoms with Crippen molar-refractivity contribution < 1.29 is 18.3 Å². The van der Waals surface area contributed by atoms with Crippen molar-refractivity contribution in [1.82, 2.24) is 0 Å². The number of fused-ring (bicyclic) bond motifs is 5. The molecule has 0 amide bonds. The van der Waals surface area contributed by atoms with Crippen molar-refractivity contribution in [2.24, 2.45) is 46.8 Å². The summed E-state index contributed by atoms with van der Waals surface area (Å²) in [5.41, 5.74) is 0.375. The number of alkyl halides is 3. The minimum atomic E-state index is -3.99. The second-order valence-corrected chi connectivity index (χ2v) is 9.82. The number of aliphatic hydroxyl groups excluding tert-OH is 1. The normalized spacial score (nSPS) is 46.6. The van der Waals surface area contributed by atoms with Gasteiger partial charge in [0.2, 0.25) is 0 Å². The van der Waals surface area contributed by atoms with Crippen LogP contribution in [0, 0.1) is 46.8 Å². The first-order chi connectivity index (χ1) is 12.8. The lowest BCUT2D eigenvalue weighted by molar-refractivity contribution is -0.196. The van der Waals surface area contributed by atoms with Crippen LogP contribution < -0.4 is 0 Å². The number of halogens is 3. The monoisotopic (exact) mass is 388 g/mol.